The fraction of sp³-hybridized carbons (Fsp3) is 0.136. The van der Waals surface area contributed by atoms with Crippen LogP contribution in [-0.4, -0.2) is 6.03 Å². The molecule has 3 heteroatoms. The highest BCUT2D eigenvalue weighted by Crippen LogP contribution is 2.19. The van der Waals surface area contributed by atoms with Gasteiger partial charge in [-0.1, -0.05) is 78.9 Å². The smallest absolute Gasteiger partial charge is 0.319 e. The quantitative estimate of drug-likeness (QED) is 0.671. The van der Waals surface area contributed by atoms with Gasteiger partial charge >= 0.3 is 6.03 Å². The van der Waals surface area contributed by atoms with Gasteiger partial charge in [0.2, 0.25) is 0 Å². The molecule has 0 spiro atoms. The minimum Gasteiger partial charge on any atom is -0.331 e. The summed E-state index contributed by atoms with van der Waals surface area (Å²) in [6, 6.07) is 27.7. The fourth-order valence-electron chi connectivity index (χ4n) is 2.82. The zero-order valence-corrected chi connectivity index (χ0v) is 14.3. The standard InChI is InChI=1S/C22H22N2O/c1-17-10-8-9-15-20(17)23-22(25)24-21(19-13-6-3-7-14-19)16-18-11-4-2-5-12-18/h2-15,21H,16H2,1H3,(H2,23,24,25). The summed E-state index contributed by atoms with van der Waals surface area (Å²) in [4.78, 5) is 12.5. The van der Waals surface area contributed by atoms with Crippen molar-refractivity contribution in [1.29, 1.82) is 0 Å². The maximum absolute atomic E-state index is 12.5. The molecule has 0 saturated heterocycles. The molecule has 3 aromatic rings. The summed E-state index contributed by atoms with van der Waals surface area (Å²) < 4.78 is 0. The molecule has 0 heterocycles. The van der Waals surface area contributed by atoms with Crippen molar-refractivity contribution in [2.75, 3.05) is 5.32 Å². The number of hydrogen-bond donors (Lipinski definition) is 2. The van der Waals surface area contributed by atoms with Crippen LogP contribution < -0.4 is 10.6 Å². The lowest BCUT2D eigenvalue weighted by Crippen LogP contribution is -2.33. The lowest BCUT2D eigenvalue weighted by Gasteiger charge is -2.20. The second kappa shape index (κ2) is 8.15. The molecule has 25 heavy (non-hydrogen) atoms. The molecule has 2 N–H and O–H groups in total. The largest absolute Gasteiger partial charge is 0.331 e. The average Bonchev–Trinajstić information content (AvgIpc) is 2.65. The second-order valence-electron chi connectivity index (χ2n) is 6.07. The van der Waals surface area contributed by atoms with Crippen LogP contribution in [0.4, 0.5) is 10.5 Å². The lowest BCUT2D eigenvalue weighted by atomic mass is 9.99. The zero-order valence-electron chi connectivity index (χ0n) is 14.3. The molecule has 0 aliphatic carbocycles. The maximum Gasteiger partial charge on any atom is 0.319 e. The molecule has 0 aromatic heterocycles. The first-order valence-electron chi connectivity index (χ1n) is 8.44. The van der Waals surface area contributed by atoms with E-state index in [2.05, 4.69) is 22.8 Å². The van der Waals surface area contributed by atoms with Crippen LogP contribution in [0.3, 0.4) is 0 Å². The molecule has 0 fully saturated rings. The van der Waals surface area contributed by atoms with Crippen molar-refractivity contribution in [2.24, 2.45) is 0 Å². The van der Waals surface area contributed by atoms with Crippen molar-refractivity contribution in [3.63, 3.8) is 0 Å². The first-order valence-corrected chi connectivity index (χ1v) is 8.44. The SMILES string of the molecule is Cc1ccccc1NC(=O)NC(Cc1ccccc1)c1ccccc1. The van der Waals surface area contributed by atoms with Crippen LogP contribution in [0, 0.1) is 6.92 Å². The third-order valence-corrected chi connectivity index (χ3v) is 4.18. The van der Waals surface area contributed by atoms with Crippen molar-refractivity contribution >= 4 is 11.7 Å². The fourth-order valence-corrected chi connectivity index (χ4v) is 2.82. The number of urea groups is 1. The number of aryl methyl sites for hydroxylation is 1. The van der Waals surface area contributed by atoms with Crippen LogP contribution in [0.15, 0.2) is 84.9 Å². The molecule has 1 atom stereocenters. The third kappa shape index (κ3) is 4.70. The molecule has 126 valence electrons. The number of anilines is 1. The molecule has 1 unspecified atom stereocenters. The molecular weight excluding hydrogens is 308 g/mol. The molecule has 0 aliphatic rings. The van der Waals surface area contributed by atoms with Gasteiger partial charge < -0.3 is 10.6 Å². The minimum atomic E-state index is -0.195. The Morgan fingerprint density at radius 1 is 0.840 bits per heavy atom. The van der Waals surface area contributed by atoms with E-state index in [9.17, 15) is 4.79 Å². The molecule has 0 bridgehead atoms. The van der Waals surface area contributed by atoms with E-state index in [0.29, 0.717) is 0 Å². The first kappa shape index (κ1) is 16.8. The summed E-state index contributed by atoms with van der Waals surface area (Å²) in [6.45, 7) is 1.98. The highest BCUT2D eigenvalue weighted by Gasteiger charge is 2.15. The van der Waals surface area contributed by atoms with Gasteiger partial charge in [-0.25, -0.2) is 4.79 Å². The van der Waals surface area contributed by atoms with Gasteiger partial charge in [0.25, 0.3) is 0 Å². The van der Waals surface area contributed by atoms with E-state index in [1.54, 1.807) is 0 Å². The van der Waals surface area contributed by atoms with Crippen LogP contribution in [-0.2, 0) is 6.42 Å². The normalized spacial score (nSPS) is 11.6. The Kier molecular flexibility index (Phi) is 5.47. The van der Waals surface area contributed by atoms with Crippen molar-refractivity contribution in [3.8, 4) is 0 Å². The topological polar surface area (TPSA) is 41.1 Å². The molecule has 0 saturated carbocycles. The Hall–Kier alpha value is -3.07. The highest BCUT2D eigenvalue weighted by atomic mass is 16.2. The number of nitrogens with one attached hydrogen (secondary N) is 2. The van der Waals surface area contributed by atoms with Gasteiger partial charge in [0, 0.05) is 5.69 Å². The van der Waals surface area contributed by atoms with E-state index in [0.717, 1.165) is 23.2 Å². The van der Waals surface area contributed by atoms with E-state index >= 15 is 0 Å². The highest BCUT2D eigenvalue weighted by molar-refractivity contribution is 5.90. The van der Waals surface area contributed by atoms with Crippen molar-refractivity contribution in [1.82, 2.24) is 5.32 Å². The van der Waals surface area contributed by atoms with Gasteiger partial charge in [0.05, 0.1) is 6.04 Å². The molecule has 2 amide bonds. The number of carbonyl (C=O) groups excluding carboxylic acids is 1. The maximum atomic E-state index is 12.5. The lowest BCUT2D eigenvalue weighted by molar-refractivity contribution is 0.248. The molecule has 3 rings (SSSR count). The van der Waals surface area contributed by atoms with Crippen molar-refractivity contribution < 1.29 is 4.79 Å². The first-order chi connectivity index (χ1) is 12.2. The monoisotopic (exact) mass is 330 g/mol. The van der Waals surface area contributed by atoms with E-state index in [-0.39, 0.29) is 12.1 Å². The number of amides is 2. The summed E-state index contributed by atoms with van der Waals surface area (Å²) in [5.74, 6) is 0. The van der Waals surface area contributed by atoms with E-state index < -0.39 is 0 Å². The molecule has 0 aliphatic heterocycles. The molecule has 3 aromatic carbocycles. The van der Waals surface area contributed by atoms with Crippen LogP contribution in [0.1, 0.15) is 22.7 Å². The number of hydrogen-bond acceptors (Lipinski definition) is 1. The van der Waals surface area contributed by atoms with Crippen LogP contribution in [0.2, 0.25) is 0 Å². The summed E-state index contributed by atoms with van der Waals surface area (Å²) in [5.41, 5.74) is 4.14. The van der Waals surface area contributed by atoms with E-state index in [1.807, 2.05) is 79.7 Å². The summed E-state index contributed by atoms with van der Waals surface area (Å²) >= 11 is 0. The number of rotatable bonds is 5. The van der Waals surface area contributed by atoms with Gasteiger partial charge in [-0.15, -0.1) is 0 Å². The van der Waals surface area contributed by atoms with Gasteiger partial charge in [0.1, 0.15) is 0 Å². The summed E-state index contributed by atoms with van der Waals surface area (Å²) in [7, 11) is 0. The second-order valence-corrected chi connectivity index (χ2v) is 6.07. The molecule has 0 radical (unpaired) electrons. The number of benzene rings is 3. The number of carbonyl (C=O) groups is 1. The Morgan fingerprint density at radius 2 is 1.44 bits per heavy atom. The Bertz CT molecular complexity index is 816. The van der Waals surface area contributed by atoms with Crippen molar-refractivity contribution in [2.45, 2.75) is 19.4 Å². The summed E-state index contributed by atoms with van der Waals surface area (Å²) in [6.07, 6.45) is 0.742. The average molecular weight is 330 g/mol. The van der Waals surface area contributed by atoms with Gasteiger partial charge in [-0.2, -0.15) is 0 Å². The number of para-hydroxylation sites is 1. The van der Waals surface area contributed by atoms with Crippen LogP contribution >= 0.6 is 0 Å². The Balaban J connectivity index is 1.75. The van der Waals surface area contributed by atoms with Crippen molar-refractivity contribution in [3.05, 3.63) is 102 Å². The predicted octanol–water partition coefficient (Wildman–Crippen LogP) is 5.10. The van der Waals surface area contributed by atoms with Crippen LogP contribution in [0.5, 0.6) is 0 Å². The van der Waals surface area contributed by atoms with Gasteiger partial charge in [0.15, 0.2) is 0 Å². The minimum absolute atomic E-state index is 0.0902. The molecular formula is C22H22N2O. The van der Waals surface area contributed by atoms with E-state index in [1.165, 1.54) is 5.56 Å². The Morgan fingerprint density at radius 3 is 2.12 bits per heavy atom. The van der Waals surface area contributed by atoms with Gasteiger partial charge in [-0.05, 0) is 36.1 Å². The van der Waals surface area contributed by atoms with E-state index in [4.69, 9.17) is 0 Å². The predicted molar refractivity (Wildman–Crippen MR) is 103 cm³/mol. The zero-order chi connectivity index (χ0) is 17.5. The Labute approximate surface area is 148 Å². The summed E-state index contributed by atoms with van der Waals surface area (Å²) in [5, 5.41) is 6.05. The molecule has 3 nitrogen and oxygen atoms in total. The van der Waals surface area contributed by atoms with Gasteiger partial charge in [-0.3, -0.25) is 0 Å². The van der Waals surface area contributed by atoms with Crippen LogP contribution in [0.25, 0.3) is 0 Å². The third-order valence-electron chi connectivity index (χ3n) is 4.18.